The highest BCUT2D eigenvalue weighted by Crippen LogP contribution is 2.24. The number of esters is 1. The molecule has 6 nitrogen and oxygen atoms in total. The second-order valence-corrected chi connectivity index (χ2v) is 6.53. The number of rotatable bonds is 7. The molecule has 6 heteroatoms. The first kappa shape index (κ1) is 19.7. The number of aromatic nitrogens is 1. The van der Waals surface area contributed by atoms with Gasteiger partial charge >= 0.3 is 5.97 Å². The van der Waals surface area contributed by atoms with Crippen LogP contribution in [0.2, 0.25) is 0 Å². The number of hydrogen-bond acceptors (Lipinski definition) is 4. The van der Waals surface area contributed by atoms with E-state index in [9.17, 15) is 14.7 Å². The van der Waals surface area contributed by atoms with E-state index in [1.54, 1.807) is 20.8 Å². The zero-order chi connectivity index (χ0) is 19.3. The van der Waals surface area contributed by atoms with Crippen LogP contribution in [0.1, 0.15) is 58.7 Å². The zero-order valence-corrected chi connectivity index (χ0v) is 15.6. The highest BCUT2D eigenvalue weighted by Gasteiger charge is 2.21. The molecule has 0 unspecified atom stereocenters. The summed E-state index contributed by atoms with van der Waals surface area (Å²) in [5.74, 6) is -0.792. The van der Waals surface area contributed by atoms with Crippen molar-refractivity contribution in [3.05, 3.63) is 58.4 Å². The first-order chi connectivity index (χ1) is 12.3. The molecule has 0 bridgehead atoms. The van der Waals surface area contributed by atoms with Crippen molar-refractivity contribution in [2.45, 2.75) is 39.7 Å². The third kappa shape index (κ3) is 4.73. The minimum Gasteiger partial charge on any atom is -0.451 e. The molecule has 0 saturated carbocycles. The van der Waals surface area contributed by atoms with Crippen LogP contribution in [0.25, 0.3) is 0 Å². The van der Waals surface area contributed by atoms with Crippen LogP contribution in [0.3, 0.4) is 0 Å². The molecule has 0 spiro atoms. The number of carbonyl (C=O) groups excluding carboxylic acids is 2. The Morgan fingerprint density at radius 3 is 2.42 bits per heavy atom. The van der Waals surface area contributed by atoms with Gasteiger partial charge in [0.25, 0.3) is 5.91 Å². The lowest BCUT2D eigenvalue weighted by atomic mass is 10.0. The van der Waals surface area contributed by atoms with Gasteiger partial charge in [0.1, 0.15) is 5.69 Å². The van der Waals surface area contributed by atoms with Gasteiger partial charge in [0.15, 0.2) is 6.61 Å². The van der Waals surface area contributed by atoms with Crippen molar-refractivity contribution in [3.8, 4) is 0 Å². The van der Waals surface area contributed by atoms with Crippen molar-refractivity contribution in [2.24, 2.45) is 0 Å². The van der Waals surface area contributed by atoms with Crippen LogP contribution in [-0.4, -0.2) is 35.1 Å². The number of amides is 1. The lowest BCUT2D eigenvalue weighted by Gasteiger charge is -2.13. The maximum absolute atomic E-state index is 12.2. The Bertz CT molecular complexity index is 766. The Kier molecular flexibility index (Phi) is 6.58. The number of nitrogens with one attached hydrogen (secondary N) is 2. The Balaban J connectivity index is 1.86. The van der Waals surface area contributed by atoms with Crippen molar-refractivity contribution in [1.29, 1.82) is 0 Å². The van der Waals surface area contributed by atoms with Crippen LogP contribution in [0, 0.1) is 13.8 Å². The molecule has 2 atom stereocenters. The molecule has 1 aromatic heterocycles. The standard InChI is InChI=1S/C20H26N2O4/c1-12(16-8-6-5-7-9-16)10-21-17(24)11-26-20(25)19-13(2)18(15(4)23)14(3)22-19/h5-9,12,15,22-23H,10-11H2,1-4H3,(H,21,24)/t12-,15-/m1/s1. The highest BCUT2D eigenvalue weighted by molar-refractivity contribution is 5.91. The summed E-state index contributed by atoms with van der Waals surface area (Å²) in [4.78, 5) is 27.1. The van der Waals surface area contributed by atoms with Crippen molar-refractivity contribution in [2.75, 3.05) is 13.2 Å². The van der Waals surface area contributed by atoms with Crippen molar-refractivity contribution >= 4 is 11.9 Å². The SMILES string of the molecule is Cc1[nH]c(C(=O)OCC(=O)NC[C@@H](C)c2ccccc2)c(C)c1[C@@H](C)O. The van der Waals surface area contributed by atoms with Gasteiger partial charge in [0.05, 0.1) is 6.10 Å². The summed E-state index contributed by atoms with van der Waals surface area (Å²) in [6.45, 7) is 7.30. The van der Waals surface area contributed by atoms with E-state index in [1.807, 2.05) is 37.3 Å². The Labute approximate surface area is 153 Å². The number of carbonyl (C=O) groups is 2. The van der Waals surface area contributed by atoms with E-state index in [4.69, 9.17) is 4.74 Å². The van der Waals surface area contributed by atoms with Crippen LogP contribution in [0.15, 0.2) is 30.3 Å². The van der Waals surface area contributed by atoms with Crippen molar-refractivity contribution in [3.63, 3.8) is 0 Å². The monoisotopic (exact) mass is 358 g/mol. The van der Waals surface area contributed by atoms with Gasteiger partial charge in [-0.05, 0) is 37.8 Å². The summed E-state index contributed by atoms with van der Waals surface area (Å²) >= 11 is 0. The fourth-order valence-corrected chi connectivity index (χ4v) is 3.02. The van der Waals surface area contributed by atoms with Crippen molar-refractivity contribution in [1.82, 2.24) is 10.3 Å². The second-order valence-electron chi connectivity index (χ2n) is 6.53. The van der Waals surface area contributed by atoms with E-state index in [0.717, 1.165) is 5.56 Å². The predicted octanol–water partition coefficient (Wildman–Crippen LogP) is 2.76. The van der Waals surface area contributed by atoms with E-state index in [0.29, 0.717) is 23.4 Å². The number of ether oxygens (including phenoxy) is 1. The van der Waals surface area contributed by atoms with Crippen molar-refractivity contribution < 1.29 is 19.4 Å². The molecule has 2 rings (SSSR count). The fraction of sp³-hybridized carbons (Fsp3) is 0.400. The Morgan fingerprint density at radius 1 is 1.19 bits per heavy atom. The predicted molar refractivity (Wildman–Crippen MR) is 99.0 cm³/mol. The summed E-state index contributed by atoms with van der Waals surface area (Å²) in [6, 6.07) is 9.87. The topological polar surface area (TPSA) is 91.4 Å². The molecule has 1 amide bonds. The van der Waals surface area contributed by atoms with E-state index < -0.39 is 12.1 Å². The molecule has 2 aromatic rings. The van der Waals surface area contributed by atoms with Crippen LogP contribution < -0.4 is 5.32 Å². The van der Waals surface area contributed by atoms with E-state index >= 15 is 0 Å². The van der Waals surface area contributed by atoms with Crippen LogP contribution in [0.5, 0.6) is 0 Å². The first-order valence-corrected chi connectivity index (χ1v) is 8.67. The quantitative estimate of drug-likeness (QED) is 0.664. The summed E-state index contributed by atoms with van der Waals surface area (Å²) in [7, 11) is 0. The number of aryl methyl sites for hydroxylation is 1. The number of hydrogen-bond donors (Lipinski definition) is 3. The molecule has 26 heavy (non-hydrogen) atoms. The average Bonchev–Trinajstić information content (AvgIpc) is 2.92. The van der Waals surface area contributed by atoms with Gasteiger partial charge in [-0.1, -0.05) is 37.3 Å². The normalized spacial score (nSPS) is 13.1. The molecule has 1 aromatic carbocycles. The summed E-state index contributed by atoms with van der Waals surface area (Å²) in [5, 5.41) is 12.5. The zero-order valence-electron chi connectivity index (χ0n) is 15.6. The van der Waals surface area contributed by atoms with Crippen LogP contribution in [0.4, 0.5) is 0 Å². The molecule has 1 heterocycles. The maximum Gasteiger partial charge on any atom is 0.355 e. The van der Waals surface area contributed by atoms with Gasteiger partial charge in [-0.3, -0.25) is 4.79 Å². The molecule has 140 valence electrons. The molecule has 0 radical (unpaired) electrons. The van der Waals surface area contributed by atoms with Gasteiger partial charge in [0.2, 0.25) is 0 Å². The molecule has 0 saturated heterocycles. The van der Waals surface area contributed by atoms with Gasteiger partial charge in [0, 0.05) is 17.8 Å². The summed E-state index contributed by atoms with van der Waals surface area (Å²) in [6.07, 6.45) is -0.685. The lowest BCUT2D eigenvalue weighted by Crippen LogP contribution is -2.31. The number of H-pyrrole nitrogens is 1. The van der Waals surface area contributed by atoms with Gasteiger partial charge < -0.3 is 20.1 Å². The second kappa shape index (κ2) is 8.67. The third-order valence-electron chi connectivity index (χ3n) is 4.43. The minimum atomic E-state index is -0.685. The maximum atomic E-state index is 12.2. The molecule has 0 aliphatic carbocycles. The van der Waals surface area contributed by atoms with Gasteiger partial charge in [-0.2, -0.15) is 0 Å². The Hall–Kier alpha value is -2.60. The smallest absolute Gasteiger partial charge is 0.355 e. The van der Waals surface area contributed by atoms with Gasteiger partial charge in [-0.15, -0.1) is 0 Å². The molecular weight excluding hydrogens is 332 g/mol. The summed E-state index contributed by atoms with van der Waals surface area (Å²) < 4.78 is 5.09. The van der Waals surface area contributed by atoms with Gasteiger partial charge in [-0.25, -0.2) is 4.79 Å². The largest absolute Gasteiger partial charge is 0.451 e. The molecule has 0 aliphatic rings. The molecule has 0 aliphatic heterocycles. The first-order valence-electron chi connectivity index (χ1n) is 8.67. The Morgan fingerprint density at radius 2 is 1.85 bits per heavy atom. The highest BCUT2D eigenvalue weighted by atomic mass is 16.5. The minimum absolute atomic E-state index is 0.165. The average molecular weight is 358 g/mol. The number of benzene rings is 1. The molecular formula is C20H26N2O4. The molecule has 0 fully saturated rings. The third-order valence-corrected chi connectivity index (χ3v) is 4.43. The lowest BCUT2D eigenvalue weighted by molar-refractivity contribution is -0.124. The number of aromatic amines is 1. The number of aliphatic hydroxyl groups excluding tert-OH is 1. The van der Waals surface area contributed by atoms with E-state index in [1.165, 1.54) is 0 Å². The summed E-state index contributed by atoms with van der Waals surface area (Å²) in [5.41, 5.74) is 3.43. The van der Waals surface area contributed by atoms with Crippen LogP contribution in [-0.2, 0) is 9.53 Å². The van der Waals surface area contributed by atoms with E-state index in [-0.39, 0.29) is 24.1 Å². The number of aliphatic hydroxyl groups is 1. The van der Waals surface area contributed by atoms with E-state index in [2.05, 4.69) is 10.3 Å². The molecule has 3 N–H and O–H groups in total. The fourth-order valence-electron chi connectivity index (χ4n) is 3.02. The van der Waals surface area contributed by atoms with Crippen LogP contribution >= 0.6 is 0 Å².